The molecule has 0 fully saturated rings. The predicted molar refractivity (Wildman–Crippen MR) is 71.9 cm³/mol. The van der Waals surface area contributed by atoms with Crippen LogP contribution < -0.4 is 0 Å². The van der Waals surface area contributed by atoms with Crippen LogP contribution in [0.25, 0.3) is 0 Å². The molecular formula is C12H25NO3Si. The highest BCUT2D eigenvalue weighted by Gasteiger charge is 2.32. The van der Waals surface area contributed by atoms with Gasteiger partial charge in [0.1, 0.15) is 0 Å². The Kier molecular flexibility index (Phi) is 7.14. The minimum absolute atomic E-state index is 0.0885. The lowest BCUT2D eigenvalue weighted by atomic mass is 10.4. The van der Waals surface area contributed by atoms with Gasteiger partial charge in [-0.3, -0.25) is 4.79 Å². The van der Waals surface area contributed by atoms with Crippen LogP contribution in [-0.4, -0.2) is 39.6 Å². The SMILES string of the molecule is C=C(C)O[Si](C)(CCCN(C)C(C)=O)OCC. The van der Waals surface area contributed by atoms with Gasteiger partial charge in [0.05, 0.1) is 5.76 Å². The van der Waals surface area contributed by atoms with E-state index in [4.69, 9.17) is 8.85 Å². The maximum absolute atomic E-state index is 11.1. The number of amides is 1. The lowest BCUT2D eigenvalue weighted by Crippen LogP contribution is -2.39. The van der Waals surface area contributed by atoms with E-state index >= 15 is 0 Å². The van der Waals surface area contributed by atoms with Gasteiger partial charge in [-0.2, -0.15) is 0 Å². The summed E-state index contributed by atoms with van der Waals surface area (Å²) < 4.78 is 11.5. The predicted octanol–water partition coefficient (Wildman–Crippen LogP) is 2.51. The molecule has 0 aromatic heterocycles. The second-order valence-electron chi connectivity index (χ2n) is 4.42. The summed E-state index contributed by atoms with van der Waals surface area (Å²) in [7, 11) is -0.345. The lowest BCUT2D eigenvalue weighted by Gasteiger charge is -2.28. The number of nitrogens with zero attached hydrogens (tertiary/aromatic N) is 1. The van der Waals surface area contributed by atoms with Crippen molar-refractivity contribution in [2.24, 2.45) is 0 Å². The van der Waals surface area contributed by atoms with Crippen LogP contribution in [0.1, 0.15) is 27.2 Å². The molecule has 1 atom stereocenters. The van der Waals surface area contributed by atoms with Crippen LogP contribution in [0.3, 0.4) is 0 Å². The fourth-order valence-electron chi connectivity index (χ4n) is 1.62. The first kappa shape index (κ1) is 16.2. The largest absolute Gasteiger partial charge is 0.525 e. The van der Waals surface area contributed by atoms with Crippen molar-refractivity contribution in [2.75, 3.05) is 20.2 Å². The Morgan fingerprint density at radius 2 is 2.00 bits per heavy atom. The van der Waals surface area contributed by atoms with Gasteiger partial charge in [-0.25, -0.2) is 0 Å². The monoisotopic (exact) mass is 259 g/mol. The Balaban J connectivity index is 4.17. The third-order valence-electron chi connectivity index (χ3n) is 2.50. The Labute approximate surface area is 106 Å². The number of carbonyl (C=O) groups is 1. The van der Waals surface area contributed by atoms with E-state index in [1.54, 1.807) is 11.8 Å². The Morgan fingerprint density at radius 1 is 1.41 bits per heavy atom. The average Bonchev–Trinajstić information content (AvgIpc) is 2.15. The van der Waals surface area contributed by atoms with Crippen LogP contribution in [0, 0.1) is 0 Å². The maximum Gasteiger partial charge on any atom is 0.395 e. The fraction of sp³-hybridized carbons (Fsp3) is 0.750. The lowest BCUT2D eigenvalue weighted by molar-refractivity contribution is -0.127. The fourth-order valence-corrected chi connectivity index (χ4v) is 4.07. The van der Waals surface area contributed by atoms with Crippen LogP contribution >= 0.6 is 0 Å². The zero-order valence-electron chi connectivity index (χ0n) is 11.7. The number of hydrogen-bond donors (Lipinski definition) is 0. The van der Waals surface area contributed by atoms with Gasteiger partial charge in [-0.15, -0.1) is 0 Å². The van der Waals surface area contributed by atoms with E-state index in [0.717, 1.165) is 19.0 Å². The number of carbonyl (C=O) groups excluding carboxylic acids is 1. The molecule has 17 heavy (non-hydrogen) atoms. The number of allylic oxidation sites excluding steroid dienone is 1. The Bertz CT molecular complexity index is 270. The summed E-state index contributed by atoms with van der Waals surface area (Å²) in [5, 5.41) is 0. The third kappa shape index (κ3) is 7.17. The van der Waals surface area contributed by atoms with Crippen LogP contribution in [0.5, 0.6) is 0 Å². The highest BCUT2D eigenvalue weighted by molar-refractivity contribution is 6.66. The van der Waals surface area contributed by atoms with Gasteiger partial charge in [-0.05, 0) is 26.8 Å². The second-order valence-corrected chi connectivity index (χ2v) is 7.68. The zero-order chi connectivity index (χ0) is 13.5. The van der Waals surface area contributed by atoms with Crippen LogP contribution in [0.2, 0.25) is 12.6 Å². The molecule has 0 aliphatic carbocycles. The van der Waals surface area contributed by atoms with E-state index in [0.29, 0.717) is 12.4 Å². The number of rotatable bonds is 8. The summed E-state index contributed by atoms with van der Waals surface area (Å²) in [6.07, 6.45) is 0.895. The molecule has 0 spiro atoms. The molecule has 0 radical (unpaired) electrons. The van der Waals surface area contributed by atoms with Gasteiger partial charge in [0.15, 0.2) is 0 Å². The molecule has 0 aromatic rings. The second kappa shape index (κ2) is 7.50. The minimum Gasteiger partial charge on any atom is -0.525 e. The molecule has 0 saturated carbocycles. The van der Waals surface area contributed by atoms with Gasteiger partial charge in [0.2, 0.25) is 5.91 Å². The van der Waals surface area contributed by atoms with Crippen molar-refractivity contribution in [1.82, 2.24) is 4.90 Å². The van der Waals surface area contributed by atoms with E-state index in [1.165, 1.54) is 0 Å². The van der Waals surface area contributed by atoms with Crippen LogP contribution in [-0.2, 0) is 13.6 Å². The summed E-state index contributed by atoms with van der Waals surface area (Å²) in [4.78, 5) is 12.8. The smallest absolute Gasteiger partial charge is 0.395 e. The molecule has 5 heteroatoms. The van der Waals surface area contributed by atoms with E-state index in [9.17, 15) is 4.79 Å². The topological polar surface area (TPSA) is 38.8 Å². The third-order valence-corrected chi connectivity index (χ3v) is 5.44. The first-order chi connectivity index (χ1) is 7.80. The van der Waals surface area contributed by atoms with E-state index in [2.05, 4.69) is 6.58 Å². The van der Waals surface area contributed by atoms with Crippen molar-refractivity contribution in [2.45, 2.75) is 39.8 Å². The van der Waals surface area contributed by atoms with Crippen molar-refractivity contribution in [3.63, 3.8) is 0 Å². The zero-order valence-corrected chi connectivity index (χ0v) is 12.7. The molecule has 0 N–H and O–H groups in total. The molecule has 1 amide bonds. The first-order valence-electron chi connectivity index (χ1n) is 6.01. The van der Waals surface area contributed by atoms with Crippen molar-refractivity contribution in [3.8, 4) is 0 Å². The molecule has 4 nitrogen and oxygen atoms in total. The van der Waals surface area contributed by atoms with E-state index < -0.39 is 8.56 Å². The number of hydrogen-bond acceptors (Lipinski definition) is 3. The summed E-state index contributed by atoms with van der Waals surface area (Å²) in [5.41, 5.74) is 0. The quantitative estimate of drug-likeness (QED) is 0.496. The Hall–Kier alpha value is -0.813. The highest BCUT2D eigenvalue weighted by atomic mass is 28.4. The van der Waals surface area contributed by atoms with Crippen molar-refractivity contribution in [1.29, 1.82) is 0 Å². The molecule has 1 unspecified atom stereocenters. The normalized spacial score (nSPS) is 13.9. The van der Waals surface area contributed by atoms with Crippen molar-refractivity contribution in [3.05, 3.63) is 12.3 Å². The summed E-state index contributed by atoms with van der Waals surface area (Å²) >= 11 is 0. The molecular weight excluding hydrogens is 234 g/mol. The molecule has 0 aromatic carbocycles. The Morgan fingerprint density at radius 3 is 2.41 bits per heavy atom. The summed E-state index contributed by atoms with van der Waals surface area (Å²) in [6, 6.07) is 0.866. The van der Waals surface area contributed by atoms with E-state index in [-0.39, 0.29) is 5.91 Å². The minimum atomic E-state index is -2.15. The highest BCUT2D eigenvalue weighted by Crippen LogP contribution is 2.19. The molecule has 0 aliphatic heterocycles. The van der Waals surface area contributed by atoms with Gasteiger partial charge < -0.3 is 13.8 Å². The van der Waals surface area contributed by atoms with Gasteiger partial charge >= 0.3 is 8.56 Å². The van der Waals surface area contributed by atoms with Crippen molar-refractivity contribution >= 4 is 14.5 Å². The molecule has 0 saturated heterocycles. The molecule has 0 aliphatic rings. The van der Waals surface area contributed by atoms with E-state index in [1.807, 2.05) is 27.4 Å². The summed E-state index contributed by atoms with van der Waals surface area (Å²) in [6.45, 7) is 12.6. The summed E-state index contributed by atoms with van der Waals surface area (Å²) in [5.74, 6) is 0.790. The van der Waals surface area contributed by atoms with Crippen molar-refractivity contribution < 1.29 is 13.6 Å². The molecule has 0 rings (SSSR count). The average molecular weight is 259 g/mol. The van der Waals surface area contributed by atoms with Gasteiger partial charge in [0, 0.05) is 33.2 Å². The van der Waals surface area contributed by atoms with Gasteiger partial charge in [-0.1, -0.05) is 6.58 Å². The van der Waals surface area contributed by atoms with Crippen LogP contribution in [0.15, 0.2) is 12.3 Å². The standard InChI is InChI=1S/C12H25NO3Si/c1-7-15-17(6,16-11(2)3)10-8-9-13(5)12(4)14/h2,7-10H2,1,3-6H3. The molecule has 100 valence electrons. The first-order valence-corrected chi connectivity index (χ1v) is 8.53. The maximum atomic E-state index is 11.1. The molecule has 0 bridgehead atoms. The van der Waals surface area contributed by atoms with Gasteiger partial charge in [0.25, 0.3) is 0 Å². The van der Waals surface area contributed by atoms with Crippen LogP contribution in [0.4, 0.5) is 0 Å². The molecule has 0 heterocycles.